The Labute approximate surface area is 120 Å². The molecule has 19 heavy (non-hydrogen) atoms. The van der Waals surface area contributed by atoms with Crippen LogP contribution in [0, 0.1) is 10.1 Å². The number of aliphatic hydroxyl groups excluding tert-OH is 1. The number of ether oxygens (including phenoxy) is 1. The number of nitrogens with one attached hydrogen (secondary N) is 1. The number of benzene rings is 1. The summed E-state index contributed by atoms with van der Waals surface area (Å²) in [5.41, 5.74) is -0.287. The first-order valence-corrected chi connectivity index (χ1v) is 6.36. The highest BCUT2D eigenvalue weighted by Crippen LogP contribution is 2.35. The van der Waals surface area contributed by atoms with E-state index in [1.54, 1.807) is 0 Å². The van der Waals surface area contributed by atoms with Gasteiger partial charge in [-0.1, -0.05) is 30.1 Å². The third kappa shape index (κ3) is 4.83. The predicted octanol–water partition coefficient (Wildman–Crippen LogP) is 2.25. The summed E-state index contributed by atoms with van der Waals surface area (Å²) in [6, 6.07) is 2.39. The molecule has 1 atom stereocenters. The summed E-state index contributed by atoms with van der Waals surface area (Å²) in [6.45, 7) is 2.87. The molecule has 0 saturated carbocycles. The zero-order valence-electron chi connectivity index (χ0n) is 10.2. The maximum absolute atomic E-state index is 10.9. The fourth-order valence-electron chi connectivity index (χ4n) is 1.33. The molecule has 0 aromatic heterocycles. The van der Waals surface area contributed by atoms with Crippen LogP contribution in [0.3, 0.4) is 0 Å². The standard InChI is InChI=1S/C11H14Cl2N2O4/c1-2-14-5-7(16)6-19-11-4-9(13)8(12)3-10(11)15(17)18/h3-4,7,14,16H,2,5-6H2,1H3. The van der Waals surface area contributed by atoms with Crippen LogP contribution in [0.5, 0.6) is 5.75 Å². The lowest BCUT2D eigenvalue weighted by Gasteiger charge is -2.13. The van der Waals surface area contributed by atoms with Gasteiger partial charge in [0, 0.05) is 18.7 Å². The maximum Gasteiger partial charge on any atom is 0.312 e. The van der Waals surface area contributed by atoms with Crippen molar-refractivity contribution in [2.24, 2.45) is 0 Å². The Hall–Kier alpha value is -1.08. The molecular weight excluding hydrogens is 295 g/mol. The lowest BCUT2D eigenvalue weighted by molar-refractivity contribution is -0.385. The van der Waals surface area contributed by atoms with Gasteiger partial charge in [-0.2, -0.15) is 0 Å². The van der Waals surface area contributed by atoms with Gasteiger partial charge in [-0.25, -0.2) is 0 Å². The molecule has 1 unspecified atom stereocenters. The van der Waals surface area contributed by atoms with Crippen LogP contribution in [0.2, 0.25) is 10.0 Å². The Kier molecular flexibility index (Phi) is 6.30. The van der Waals surface area contributed by atoms with Gasteiger partial charge >= 0.3 is 5.69 Å². The monoisotopic (exact) mass is 308 g/mol. The van der Waals surface area contributed by atoms with Gasteiger partial charge in [0.2, 0.25) is 0 Å². The minimum Gasteiger partial charge on any atom is -0.484 e. The minimum absolute atomic E-state index is 0.0186. The molecule has 0 amide bonds. The lowest BCUT2D eigenvalue weighted by Crippen LogP contribution is -2.31. The molecule has 0 aliphatic heterocycles. The van der Waals surface area contributed by atoms with E-state index in [4.69, 9.17) is 27.9 Å². The number of halogens is 2. The Morgan fingerprint density at radius 2 is 2.11 bits per heavy atom. The summed E-state index contributed by atoms with van der Waals surface area (Å²) in [4.78, 5) is 10.2. The van der Waals surface area contributed by atoms with Crippen molar-refractivity contribution in [3.8, 4) is 5.75 Å². The van der Waals surface area contributed by atoms with Crippen molar-refractivity contribution in [1.82, 2.24) is 5.32 Å². The van der Waals surface area contributed by atoms with Crippen molar-refractivity contribution in [2.75, 3.05) is 19.7 Å². The number of likely N-dealkylation sites (N-methyl/N-ethyl adjacent to an activating group) is 1. The molecule has 106 valence electrons. The van der Waals surface area contributed by atoms with Crippen LogP contribution in [0.4, 0.5) is 5.69 Å². The summed E-state index contributed by atoms with van der Waals surface area (Å²) in [5.74, 6) is -0.0186. The highest BCUT2D eigenvalue weighted by atomic mass is 35.5. The van der Waals surface area contributed by atoms with Gasteiger partial charge in [0.15, 0.2) is 5.75 Å². The van der Waals surface area contributed by atoms with Gasteiger partial charge < -0.3 is 15.2 Å². The van der Waals surface area contributed by atoms with Crippen molar-refractivity contribution in [2.45, 2.75) is 13.0 Å². The number of nitro benzene ring substituents is 1. The van der Waals surface area contributed by atoms with E-state index in [9.17, 15) is 15.2 Å². The summed E-state index contributed by atoms with van der Waals surface area (Å²) in [6.07, 6.45) is -0.769. The second-order valence-electron chi connectivity index (χ2n) is 3.76. The van der Waals surface area contributed by atoms with Crippen molar-refractivity contribution >= 4 is 28.9 Å². The van der Waals surface area contributed by atoms with Gasteiger partial charge in [-0.05, 0) is 6.54 Å². The number of hydrogen-bond acceptors (Lipinski definition) is 5. The summed E-state index contributed by atoms with van der Waals surface area (Å²) >= 11 is 11.5. The molecule has 1 rings (SSSR count). The number of rotatable bonds is 7. The van der Waals surface area contributed by atoms with Gasteiger partial charge in [-0.15, -0.1) is 0 Å². The molecule has 0 fully saturated rings. The zero-order chi connectivity index (χ0) is 14.4. The first-order chi connectivity index (χ1) is 8.95. The number of nitrogens with zero attached hydrogens (tertiary/aromatic N) is 1. The molecule has 0 saturated heterocycles. The molecule has 1 aromatic carbocycles. The molecule has 6 nitrogen and oxygen atoms in total. The predicted molar refractivity (Wildman–Crippen MR) is 73.2 cm³/mol. The quantitative estimate of drug-likeness (QED) is 0.596. The minimum atomic E-state index is -0.769. The van der Waals surface area contributed by atoms with Crippen molar-refractivity contribution < 1.29 is 14.8 Å². The topological polar surface area (TPSA) is 84.6 Å². The van der Waals surface area contributed by atoms with Crippen LogP contribution in [-0.4, -0.2) is 35.8 Å². The first-order valence-electron chi connectivity index (χ1n) is 5.60. The maximum atomic E-state index is 10.9. The molecule has 0 heterocycles. The number of nitro groups is 1. The smallest absolute Gasteiger partial charge is 0.312 e. The van der Waals surface area contributed by atoms with Crippen LogP contribution in [0.15, 0.2) is 12.1 Å². The van der Waals surface area contributed by atoms with E-state index in [0.29, 0.717) is 13.1 Å². The Bertz CT molecular complexity index is 457. The fourth-order valence-corrected chi connectivity index (χ4v) is 1.64. The third-order valence-electron chi connectivity index (χ3n) is 2.26. The van der Waals surface area contributed by atoms with Crippen LogP contribution >= 0.6 is 23.2 Å². The van der Waals surface area contributed by atoms with E-state index in [2.05, 4.69) is 5.32 Å². The molecule has 1 aromatic rings. The molecule has 8 heteroatoms. The summed E-state index contributed by atoms with van der Waals surface area (Å²) in [5, 5.41) is 23.6. The first kappa shape index (κ1) is 16.0. The Morgan fingerprint density at radius 1 is 1.47 bits per heavy atom. The summed E-state index contributed by atoms with van der Waals surface area (Å²) in [7, 11) is 0. The average molecular weight is 309 g/mol. The van der Waals surface area contributed by atoms with E-state index in [-0.39, 0.29) is 28.1 Å². The van der Waals surface area contributed by atoms with Crippen LogP contribution in [-0.2, 0) is 0 Å². The SMILES string of the molecule is CCNCC(O)COc1cc(Cl)c(Cl)cc1[N+](=O)[O-]. The average Bonchev–Trinajstić information content (AvgIpc) is 2.36. The van der Waals surface area contributed by atoms with E-state index in [1.807, 2.05) is 6.92 Å². The largest absolute Gasteiger partial charge is 0.484 e. The van der Waals surface area contributed by atoms with E-state index >= 15 is 0 Å². The van der Waals surface area contributed by atoms with E-state index in [1.165, 1.54) is 6.07 Å². The van der Waals surface area contributed by atoms with Gasteiger partial charge in [0.05, 0.1) is 15.0 Å². The normalized spacial score (nSPS) is 12.2. The molecule has 0 bridgehead atoms. The van der Waals surface area contributed by atoms with Crippen molar-refractivity contribution in [1.29, 1.82) is 0 Å². The van der Waals surface area contributed by atoms with Gasteiger partial charge in [0.1, 0.15) is 12.7 Å². The molecule has 0 aliphatic rings. The van der Waals surface area contributed by atoms with Crippen molar-refractivity contribution in [3.63, 3.8) is 0 Å². The highest BCUT2D eigenvalue weighted by molar-refractivity contribution is 6.42. The van der Waals surface area contributed by atoms with Crippen LogP contribution in [0.1, 0.15) is 6.92 Å². The zero-order valence-corrected chi connectivity index (χ0v) is 11.7. The number of hydrogen-bond donors (Lipinski definition) is 2. The number of aliphatic hydroxyl groups is 1. The fraction of sp³-hybridized carbons (Fsp3) is 0.455. The molecule has 2 N–H and O–H groups in total. The van der Waals surface area contributed by atoms with Crippen LogP contribution in [0.25, 0.3) is 0 Å². The highest BCUT2D eigenvalue weighted by Gasteiger charge is 2.19. The summed E-state index contributed by atoms with van der Waals surface area (Å²) < 4.78 is 5.22. The second-order valence-corrected chi connectivity index (χ2v) is 4.58. The molecule has 0 aliphatic carbocycles. The van der Waals surface area contributed by atoms with E-state index in [0.717, 1.165) is 6.07 Å². The van der Waals surface area contributed by atoms with Crippen LogP contribution < -0.4 is 10.1 Å². The Balaban J connectivity index is 2.77. The van der Waals surface area contributed by atoms with Gasteiger partial charge in [-0.3, -0.25) is 10.1 Å². The third-order valence-corrected chi connectivity index (χ3v) is 2.98. The van der Waals surface area contributed by atoms with Crippen molar-refractivity contribution in [3.05, 3.63) is 32.3 Å². The van der Waals surface area contributed by atoms with E-state index < -0.39 is 11.0 Å². The van der Waals surface area contributed by atoms with Gasteiger partial charge in [0.25, 0.3) is 0 Å². The molecular formula is C11H14Cl2N2O4. The Morgan fingerprint density at radius 3 is 2.68 bits per heavy atom. The molecule has 0 spiro atoms. The molecule has 0 radical (unpaired) electrons. The lowest BCUT2D eigenvalue weighted by atomic mass is 10.3. The second kappa shape index (κ2) is 7.49.